The normalized spacial score (nSPS) is 25.2. The maximum atomic E-state index is 11.7. The van der Waals surface area contributed by atoms with E-state index in [1.807, 2.05) is 6.08 Å². The number of rotatable bonds is 5. The molecule has 106 valence electrons. The Hall–Kier alpha value is -2.01. The van der Waals surface area contributed by atoms with Crippen molar-refractivity contribution in [3.8, 4) is 0 Å². The number of epoxide rings is 1. The Morgan fingerprint density at radius 1 is 1.35 bits per heavy atom. The average Bonchev–Trinajstić information content (AvgIpc) is 3.15. The number of hydrogen-bond acceptors (Lipinski definition) is 4. The standard InChI is InChI=1S/C15H17NO4/c1-9(2)6-4-3-5-7-12(18)16-10-8-11(17)14-15(20-14)13(10)19/h3-5,7-9,14-15H,6H2,1-2H3,(H,16,18)/b4-3+,7-5+/t14-,15+/m0/s1. The number of hydrogen-bond donors (Lipinski definition) is 1. The van der Waals surface area contributed by atoms with Gasteiger partial charge in [-0.05, 0) is 12.3 Å². The Balaban J connectivity index is 1.85. The van der Waals surface area contributed by atoms with E-state index >= 15 is 0 Å². The molecular formula is C15H17NO4. The molecule has 1 heterocycles. The number of ether oxygens (including phenoxy) is 1. The Kier molecular flexibility index (Phi) is 4.29. The molecule has 2 rings (SSSR count). The van der Waals surface area contributed by atoms with Gasteiger partial charge in [0.15, 0.2) is 18.0 Å². The van der Waals surface area contributed by atoms with E-state index in [2.05, 4.69) is 19.2 Å². The SMILES string of the molecule is CC(C)C/C=C/C=C/C(=O)NC1=CC(=O)[C@@H]2O[C@@H]2C1=O. The van der Waals surface area contributed by atoms with E-state index in [0.717, 1.165) is 12.5 Å². The van der Waals surface area contributed by atoms with Crippen LogP contribution < -0.4 is 5.32 Å². The third kappa shape index (κ3) is 3.51. The Morgan fingerprint density at radius 3 is 2.80 bits per heavy atom. The van der Waals surface area contributed by atoms with Crippen molar-refractivity contribution in [2.75, 3.05) is 0 Å². The maximum absolute atomic E-state index is 11.7. The monoisotopic (exact) mass is 275 g/mol. The van der Waals surface area contributed by atoms with Gasteiger partial charge in [0, 0.05) is 12.2 Å². The zero-order valence-corrected chi connectivity index (χ0v) is 11.5. The van der Waals surface area contributed by atoms with E-state index in [0.29, 0.717) is 5.92 Å². The molecule has 20 heavy (non-hydrogen) atoms. The van der Waals surface area contributed by atoms with Gasteiger partial charge in [-0.2, -0.15) is 0 Å². The summed E-state index contributed by atoms with van der Waals surface area (Å²) in [4.78, 5) is 34.7. The number of fused-ring (bicyclic) bond motifs is 1. The van der Waals surface area contributed by atoms with Crippen LogP contribution >= 0.6 is 0 Å². The lowest BCUT2D eigenvalue weighted by Crippen LogP contribution is -2.33. The van der Waals surface area contributed by atoms with Crippen LogP contribution in [0.5, 0.6) is 0 Å². The molecule has 0 spiro atoms. The summed E-state index contributed by atoms with van der Waals surface area (Å²) in [5.74, 6) is -0.487. The highest BCUT2D eigenvalue weighted by Gasteiger charge is 2.53. The van der Waals surface area contributed by atoms with Crippen LogP contribution in [-0.4, -0.2) is 29.7 Å². The van der Waals surface area contributed by atoms with Gasteiger partial charge in [-0.25, -0.2) is 0 Å². The van der Waals surface area contributed by atoms with E-state index in [9.17, 15) is 14.4 Å². The second-order valence-electron chi connectivity index (χ2n) is 5.21. The highest BCUT2D eigenvalue weighted by atomic mass is 16.6. The van der Waals surface area contributed by atoms with Crippen molar-refractivity contribution in [3.63, 3.8) is 0 Å². The predicted molar refractivity (Wildman–Crippen MR) is 72.6 cm³/mol. The van der Waals surface area contributed by atoms with Gasteiger partial charge in [-0.1, -0.05) is 32.1 Å². The molecule has 5 heteroatoms. The van der Waals surface area contributed by atoms with E-state index in [1.165, 1.54) is 6.08 Å². The quantitative estimate of drug-likeness (QED) is 0.462. The second-order valence-corrected chi connectivity index (χ2v) is 5.21. The van der Waals surface area contributed by atoms with Crippen LogP contribution in [0.2, 0.25) is 0 Å². The molecule has 1 fully saturated rings. The number of allylic oxidation sites excluding steroid dienone is 3. The van der Waals surface area contributed by atoms with Crippen LogP contribution in [0.15, 0.2) is 36.1 Å². The average molecular weight is 275 g/mol. The van der Waals surface area contributed by atoms with Crippen molar-refractivity contribution in [1.29, 1.82) is 0 Å². The number of carbonyl (C=O) groups excluding carboxylic acids is 3. The largest absolute Gasteiger partial charge is 0.352 e. The molecule has 0 unspecified atom stereocenters. The van der Waals surface area contributed by atoms with Crippen molar-refractivity contribution in [2.45, 2.75) is 32.5 Å². The van der Waals surface area contributed by atoms with Crippen molar-refractivity contribution < 1.29 is 19.1 Å². The lowest BCUT2D eigenvalue weighted by atomic mass is 10.0. The second kappa shape index (κ2) is 5.96. The van der Waals surface area contributed by atoms with Gasteiger partial charge in [-0.15, -0.1) is 0 Å². The molecule has 0 aromatic rings. The van der Waals surface area contributed by atoms with Crippen molar-refractivity contribution in [2.24, 2.45) is 5.92 Å². The van der Waals surface area contributed by atoms with Crippen LogP contribution in [0.4, 0.5) is 0 Å². The van der Waals surface area contributed by atoms with E-state index in [1.54, 1.807) is 12.2 Å². The van der Waals surface area contributed by atoms with Crippen LogP contribution in [0.3, 0.4) is 0 Å². The van der Waals surface area contributed by atoms with Gasteiger partial charge in [0.05, 0.1) is 5.70 Å². The molecule has 0 aromatic heterocycles. The minimum Gasteiger partial charge on any atom is -0.352 e. The molecule has 0 bridgehead atoms. The van der Waals surface area contributed by atoms with Crippen LogP contribution in [-0.2, 0) is 19.1 Å². The Morgan fingerprint density at radius 2 is 2.10 bits per heavy atom. The summed E-state index contributed by atoms with van der Waals surface area (Å²) >= 11 is 0. The van der Waals surface area contributed by atoms with Crippen LogP contribution in [0.25, 0.3) is 0 Å². The van der Waals surface area contributed by atoms with Crippen molar-refractivity contribution in [3.05, 3.63) is 36.1 Å². The van der Waals surface area contributed by atoms with Gasteiger partial charge in [0.2, 0.25) is 11.7 Å². The number of nitrogens with one attached hydrogen (secondary N) is 1. The first kappa shape index (κ1) is 14.4. The summed E-state index contributed by atoms with van der Waals surface area (Å²) in [6.07, 6.45) is 7.41. The highest BCUT2D eigenvalue weighted by Crippen LogP contribution is 2.30. The highest BCUT2D eigenvalue weighted by molar-refractivity contribution is 6.17. The van der Waals surface area contributed by atoms with Gasteiger partial charge >= 0.3 is 0 Å². The number of amides is 1. The summed E-state index contributed by atoms with van der Waals surface area (Å²) in [5.41, 5.74) is 0.00885. The zero-order valence-electron chi connectivity index (χ0n) is 11.5. The molecule has 1 aliphatic heterocycles. The number of ketones is 2. The summed E-state index contributed by atoms with van der Waals surface area (Å²) in [7, 11) is 0. The number of Topliss-reactive ketones (excluding diaryl/α,β-unsaturated/α-hetero) is 1. The Labute approximate surface area is 117 Å². The fourth-order valence-electron chi connectivity index (χ4n) is 1.82. The molecule has 2 aliphatic rings. The molecule has 0 radical (unpaired) electrons. The summed E-state index contributed by atoms with van der Waals surface area (Å²) in [5, 5.41) is 2.41. The molecule has 0 saturated carbocycles. The van der Waals surface area contributed by atoms with E-state index < -0.39 is 18.1 Å². The van der Waals surface area contributed by atoms with Gasteiger partial charge in [0.25, 0.3) is 0 Å². The van der Waals surface area contributed by atoms with E-state index in [-0.39, 0.29) is 17.3 Å². The lowest BCUT2D eigenvalue weighted by molar-refractivity contribution is -0.122. The van der Waals surface area contributed by atoms with Crippen molar-refractivity contribution >= 4 is 17.5 Å². The fraction of sp³-hybridized carbons (Fsp3) is 0.400. The van der Waals surface area contributed by atoms with Crippen molar-refractivity contribution in [1.82, 2.24) is 5.32 Å². The molecular weight excluding hydrogens is 258 g/mol. The van der Waals surface area contributed by atoms with Crippen LogP contribution in [0.1, 0.15) is 20.3 Å². The number of carbonyl (C=O) groups is 3. The summed E-state index contributed by atoms with van der Waals surface area (Å²) in [6, 6.07) is 0. The minimum atomic E-state index is -0.697. The molecule has 1 N–H and O–H groups in total. The molecule has 2 atom stereocenters. The molecule has 5 nitrogen and oxygen atoms in total. The molecule has 1 amide bonds. The fourth-order valence-corrected chi connectivity index (χ4v) is 1.82. The predicted octanol–water partition coefficient (Wildman–Crippen LogP) is 1.06. The third-order valence-corrected chi connectivity index (χ3v) is 2.94. The first-order valence-electron chi connectivity index (χ1n) is 6.58. The van der Waals surface area contributed by atoms with Gasteiger partial charge in [0.1, 0.15) is 0 Å². The van der Waals surface area contributed by atoms with E-state index in [4.69, 9.17) is 4.74 Å². The Bertz CT molecular complexity index is 528. The van der Waals surface area contributed by atoms with Gasteiger partial charge < -0.3 is 10.1 Å². The molecule has 1 saturated heterocycles. The first-order chi connectivity index (χ1) is 9.49. The van der Waals surface area contributed by atoms with Crippen LogP contribution in [0, 0.1) is 5.92 Å². The summed E-state index contributed by atoms with van der Waals surface area (Å²) in [6.45, 7) is 4.21. The first-order valence-corrected chi connectivity index (χ1v) is 6.58. The van der Waals surface area contributed by atoms with Gasteiger partial charge in [-0.3, -0.25) is 14.4 Å². The maximum Gasteiger partial charge on any atom is 0.248 e. The lowest BCUT2D eigenvalue weighted by Gasteiger charge is -2.07. The molecule has 0 aromatic carbocycles. The third-order valence-electron chi connectivity index (χ3n) is 2.94. The summed E-state index contributed by atoms with van der Waals surface area (Å²) < 4.78 is 4.92. The smallest absolute Gasteiger partial charge is 0.248 e. The molecule has 1 aliphatic carbocycles. The minimum absolute atomic E-state index is 0.00885. The topological polar surface area (TPSA) is 75.8 Å². The zero-order chi connectivity index (χ0) is 14.7.